The fourth-order valence-electron chi connectivity index (χ4n) is 3.57. The first-order chi connectivity index (χ1) is 17.3. The predicted molar refractivity (Wildman–Crippen MR) is 121 cm³/mol. The summed E-state index contributed by atoms with van der Waals surface area (Å²) in [5.41, 5.74) is 2.62. The van der Waals surface area contributed by atoms with Crippen LogP contribution >= 0.6 is 0 Å². The van der Waals surface area contributed by atoms with Crippen molar-refractivity contribution in [3.8, 4) is 11.3 Å². The summed E-state index contributed by atoms with van der Waals surface area (Å²) in [6.45, 7) is 0.276. The number of nitro groups is 1. The van der Waals surface area contributed by atoms with E-state index in [9.17, 15) is 36.5 Å². The van der Waals surface area contributed by atoms with Gasteiger partial charge in [0.15, 0.2) is 0 Å². The van der Waals surface area contributed by atoms with Crippen LogP contribution in [0.2, 0.25) is 0 Å². The number of pyridine rings is 1. The highest BCUT2D eigenvalue weighted by molar-refractivity contribution is 5.68. The van der Waals surface area contributed by atoms with Gasteiger partial charge in [0.25, 0.3) is 0 Å². The summed E-state index contributed by atoms with van der Waals surface area (Å²) < 4.78 is 81.3. The topological polar surface area (TPSA) is 124 Å². The van der Waals surface area contributed by atoms with Crippen molar-refractivity contribution >= 4 is 23.1 Å². The van der Waals surface area contributed by atoms with Crippen LogP contribution in [0, 0.1) is 10.1 Å². The minimum atomic E-state index is -5.00. The van der Waals surface area contributed by atoms with Crippen LogP contribution in [0.3, 0.4) is 0 Å². The van der Waals surface area contributed by atoms with E-state index < -0.39 is 28.4 Å². The maximum Gasteiger partial charge on any atom is 0.416 e. The molecule has 37 heavy (non-hydrogen) atoms. The number of aromatic nitrogens is 4. The Balaban J connectivity index is 1.59. The second kappa shape index (κ2) is 9.55. The first-order valence-electron chi connectivity index (χ1n) is 10.6. The Kier molecular flexibility index (Phi) is 6.62. The van der Waals surface area contributed by atoms with Gasteiger partial charge in [-0.1, -0.05) is 0 Å². The van der Waals surface area contributed by atoms with E-state index in [-0.39, 0.29) is 47.0 Å². The minimum Gasteiger partial charge on any atom is -0.378 e. The third kappa shape index (κ3) is 5.70. The lowest BCUT2D eigenvalue weighted by Crippen LogP contribution is -2.12. The van der Waals surface area contributed by atoms with Crippen LogP contribution in [0.25, 0.3) is 16.9 Å². The molecule has 0 radical (unpaired) electrons. The molecule has 1 aromatic carbocycles. The van der Waals surface area contributed by atoms with Crippen molar-refractivity contribution in [3.05, 3.63) is 75.7 Å². The summed E-state index contributed by atoms with van der Waals surface area (Å²) in [6, 6.07) is 5.25. The Hall–Kier alpha value is -4.43. The molecule has 0 amide bonds. The molecule has 0 fully saturated rings. The first-order valence-corrected chi connectivity index (χ1v) is 10.6. The van der Waals surface area contributed by atoms with E-state index in [1.54, 1.807) is 0 Å². The standard InChI is InChI=1S/C22H17F6N7O2/c23-21(24,25)13-8-12(9-14(10-13)22(26,27)28)16-11-18-30-6-7-34(18)20(33-16)31-5-1-2-15-3-4-17(35(36)37)19(29)32-15/h3-4,6-11H,1-2,5H2,(H2,29,32)(H,31,33). The number of hydrogen-bond acceptors (Lipinski definition) is 7. The van der Waals surface area contributed by atoms with Gasteiger partial charge in [0, 0.05) is 42.3 Å². The van der Waals surface area contributed by atoms with E-state index in [0.29, 0.717) is 30.7 Å². The lowest BCUT2D eigenvalue weighted by atomic mass is 10.0. The van der Waals surface area contributed by atoms with Gasteiger partial charge in [0.1, 0.15) is 5.65 Å². The fraction of sp³-hybridized carbons (Fsp3) is 0.227. The van der Waals surface area contributed by atoms with Crippen molar-refractivity contribution in [1.82, 2.24) is 19.4 Å². The molecule has 4 rings (SSSR count). The zero-order chi connectivity index (χ0) is 27.0. The number of nitrogen functional groups attached to an aromatic ring is 1. The maximum atomic E-state index is 13.3. The van der Waals surface area contributed by atoms with E-state index in [1.807, 2.05) is 0 Å². The van der Waals surface area contributed by atoms with Crippen molar-refractivity contribution in [2.24, 2.45) is 0 Å². The normalized spacial score (nSPS) is 12.2. The van der Waals surface area contributed by atoms with Crippen molar-refractivity contribution in [1.29, 1.82) is 0 Å². The van der Waals surface area contributed by atoms with Gasteiger partial charge >= 0.3 is 18.0 Å². The summed E-state index contributed by atoms with van der Waals surface area (Å²) in [6.07, 6.45) is -6.23. The van der Waals surface area contributed by atoms with Gasteiger partial charge in [0.2, 0.25) is 11.8 Å². The molecular weight excluding hydrogens is 508 g/mol. The lowest BCUT2D eigenvalue weighted by Gasteiger charge is -2.15. The van der Waals surface area contributed by atoms with Crippen LogP contribution in [0.4, 0.5) is 43.8 Å². The number of imidazole rings is 1. The van der Waals surface area contributed by atoms with Crippen molar-refractivity contribution in [2.45, 2.75) is 25.2 Å². The minimum absolute atomic E-state index is 0.0513. The molecule has 0 saturated heterocycles. The Morgan fingerprint density at radius 1 is 1.00 bits per heavy atom. The Morgan fingerprint density at radius 3 is 2.27 bits per heavy atom. The molecule has 0 bridgehead atoms. The summed E-state index contributed by atoms with van der Waals surface area (Å²) in [5.74, 6) is -0.0728. The summed E-state index contributed by atoms with van der Waals surface area (Å²) >= 11 is 0. The lowest BCUT2D eigenvalue weighted by molar-refractivity contribution is -0.384. The maximum absolute atomic E-state index is 13.3. The average molecular weight is 525 g/mol. The number of anilines is 2. The average Bonchev–Trinajstić information content (AvgIpc) is 3.29. The molecule has 3 aromatic heterocycles. The van der Waals surface area contributed by atoms with E-state index >= 15 is 0 Å². The molecule has 0 saturated carbocycles. The third-order valence-corrected chi connectivity index (χ3v) is 5.32. The van der Waals surface area contributed by atoms with Gasteiger partial charge in [-0.25, -0.2) is 15.0 Å². The van der Waals surface area contributed by atoms with Gasteiger partial charge in [-0.15, -0.1) is 0 Å². The number of benzene rings is 1. The van der Waals surface area contributed by atoms with Crippen LogP contribution in [0.5, 0.6) is 0 Å². The van der Waals surface area contributed by atoms with E-state index in [1.165, 1.54) is 35.0 Å². The first kappa shape index (κ1) is 25.7. The Morgan fingerprint density at radius 2 is 1.68 bits per heavy atom. The largest absolute Gasteiger partial charge is 0.416 e. The molecule has 194 valence electrons. The molecule has 3 N–H and O–H groups in total. The number of hydrogen-bond donors (Lipinski definition) is 2. The second-order valence-electron chi connectivity index (χ2n) is 7.91. The van der Waals surface area contributed by atoms with Crippen molar-refractivity contribution in [3.63, 3.8) is 0 Å². The smallest absolute Gasteiger partial charge is 0.378 e. The van der Waals surface area contributed by atoms with E-state index in [0.717, 1.165) is 0 Å². The monoisotopic (exact) mass is 525 g/mol. The number of nitrogens with zero attached hydrogens (tertiary/aromatic N) is 5. The number of halogens is 6. The fourth-order valence-corrected chi connectivity index (χ4v) is 3.57. The number of rotatable bonds is 7. The van der Waals surface area contributed by atoms with Crippen LogP contribution < -0.4 is 11.1 Å². The van der Waals surface area contributed by atoms with Crippen LogP contribution in [-0.4, -0.2) is 30.8 Å². The van der Waals surface area contributed by atoms with Crippen LogP contribution in [0.15, 0.2) is 48.8 Å². The van der Waals surface area contributed by atoms with Gasteiger partial charge < -0.3 is 11.1 Å². The van der Waals surface area contributed by atoms with Crippen molar-refractivity contribution < 1.29 is 31.3 Å². The Bertz CT molecular complexity index is 1430. The Labute approximate surface area is 204 Å². The number of alkyl halides is 6. The zero-order valence-electron chi connectivity index (χ0n) is 18.6. The molecule has 0 spiro atoms. The molecule has 0 aliphatic carbocycles. The summed E-state index contributed by atoms with van der Waals surface area (Å²) in [5, 5.41) is 13.8. The number of nitrogens with one attached hydrogen (secondary N) is 1. The van der Waals surface area contributed by atoms with E-state index in [2.05, 4.69) is 20.3 Å². The highest BCUT2D eigenvalue weighted by atomic mass is 19.4. The van der Waals surface area contributed by atoms with Crippen LogP contribution in [-0.2, 0) is 18.8 Å². The number of aryl methyl sites for hydroxylation is 1. The molecule has 0 unspecified atom stereocenters. The van der Waals surface area contributed by atoms with E-state index in [4.69, 9.17) is 5.73 Å². The highest BCUT2D eigenvalue weighted by Gasteiger charge is 2.37. The molecule has 0 atom stereocenters. The van der Waals surface area contributed by atoms with Gasteiger partial charge in [-0.05, 0) is 37.1 Å². The molecule has 0 aliphatic rings. The number of nitrogens with two attached hydrogens (primary N) is 1. The molecule has 15 heteroatoms. The molecule has 4 aromatic rings. The molecule has 0 aliphatic heterocycles. The second-order valence-corrected chi connectivity index (χ2v) is 7.91. The molecule has 3 heterocycles. The van der Waals surface area contributed by atoms with Gasteiger partial charge in [0.05, 0.1) is 21.7 Å². The summed E-state index contributed by atoms with van der Waals surface area (Å²) in [7, 11) is 0. The summed E-state index contributed by atoms with van der Waals surface area (Å²) in [4.78, 5) is 22.5. The van der Waals surface area contributed by atoms with Gasteiger partial charge in [-0.2, -0.15) is 26.3 Å². The predicted octanol–water partition coefficient (Wildman–Crippen LogP) is 5.36. The quantitative estimate of drug-likeness (QED) is 0.144. The highest BCUT2D eigenvalue weighted by Crippen LogP contribution is 2.38. The number of fused-ring (bicyclic) bond motifs is 1. The molecular formula is C22H17F6N7O2. The zero-order valence-corrected chi connectivity index (χ0v) is 18.6. The molecule has 9 nitrogen and oxygen atoms in total. The SMILES string of the molecule is Nc1nc(CCCNc2nc(-c3cc(C(F)(F)F)cc(C(F)(F)F)c3)cc3nccn23)ccc1[N+](=O)[O-]. The van der Waals surface area contributed by atoms with Gasteiger partial charge in [-0.3, -0.25) is 14.5 Å². The van der Waals surface area contributed by atoms with Crippen LogP contribution in [0.1, 0.15) is 23.2 Å². The third-order valence-electron chi connectivity index (χ3n) is 5.32. The van der Waals surface area contributed by atoms with Crippen molar-refractivity contribution in [2.75, 3.05) is 17.6 Å².